The highest BCUT2D eigenvalue weighted by atomic mass is 32.1. The maximum absolute atomic E-state index is 5.50. The monoisotopic (exact) mass is 223 g/mol. The molecule has 7 nitrogen and oxygen atoms in total. The lowest BCUT2D eigenvalue weighted by atomic mass is 10.5. The van der Waals surface area contributed by atoms with Crippen molar-refractivity contribution in [2.75, 3.05) is 0 Å². The molecule has 2 aromatic heterocycles. The summed E-state index contributed by atoms with van der Waals surface area (Å²) >= 11 is 4.86. The first-order valence-electron chi connectivity index (χ1n) is 4.20. The predicted molar refractivity (Wildman–Crippen MR) is 56.0 cm³/mol. The largest absolute Gasteiger partial charge is 0.387 e. The van der Waals surface area contributed by atoms with E-state index in [0.717, 1.165) is 0 Å². The molecule has 0 aromatic carbocycles. The Balaban J connectivity index is 2.24. The van der Waals surface area contributed by atoms with Gasteiger partial charge in [0.05, 0.1) is 13.6 Å². The van der Waals surface area contributed by atoms with Gasteiger partial charge < -0.3 is 10.3 Å². The Morgan fingerprint density at radius 3 is 3.00 bits per heavy atom. The highest BCUT2D eigenvalue weighted by Gasteiger charge is 2.08. The number of hydrogen-bond donors (Lipinski definition) is 1. The van der Waals surface area contributed by atoms with E-state index >= 15 is 0 Å². The van der Waals surface area contributed by atoms with Crippen molar-refractivity contribution in [2.24, 2.45) is 12.8 Å². The minimum Gasteiger partial charge on any atom is -0.387 e. The maximum atomic E-state index is 5.50. The van der Waals surface area contributed by atoms with Crippen molar-refractivity contribution in [1.82, 2.24) is 29.8 Å². The molecule has 0 amide bonds. The number of aromatic nitrogens is 6. The first-order chi connectivity index (χ1) is 7.16. The molecule has 15 heavy (non-hydrogen) atoms. The number of aryl methyl sites for hydroxylation is 1. The normalized spacial score (nSPS) is 10.5. The molecule has 2 N–H and O–H groups in total. The summed E-state index contributed by atoms with van der Waals surface area (Å²) in [6.07, 6.45) is 3.40. The number of tetrazole rings is 1. The van der Waals surface area contributed by atoms with Crippen LogP contribution in [0.1, 0.15) is 11.6 Å². The van der Waals surface area contributed by atoms with Crippen molar-refractivity contribution in [3.05, 3.63) is 24.0 Å². The molecule has 0 unspecified atom stereocenters. The van der Waals surface area contributed by atoms with Gasteiger partial charge in [-0.3, -0.25) is 0 Å². The fourth-order valence-electron chi connectivity index (χ4n) is 1.20. The van der Waals surface area contributed by atoms with Gasteiger partial charge in [0, 0.05) is 12.4 Å². The van der Waals surface area contributed by atoms with Gasteiger partial charge >= 0.3 is 0 Å². The van der Waals surface area contributed by atoms with Gasteiger partial charge in [0.15, 0.2) is 11.6 Å². The summed E-state index contributed by atoms with van der Waals surface area (Å²) in [6.45, 7) is 0.459. The molecule has 2 rings (SSSR count). The minimum atomic E-state index is 0.254. The molecule has 0 saturated heterocycles. The number of hydrogen-bond acceptors (Lipinski definition) is 5. The van der Waals surface area contributed by atoms with E-state index in [1.807, 2.05) is 0 Å². The molecule has 0 bridgehead atoms. The van der Waals surface area contributed by atoms with Crippen LogP contribution in [0.25, 0.3) is 0 Å². The lowest BCUT2D eigenvalue weighted by molar-refractivity contribution is 0.625. The Morgan fingerprint density at radius 1 is 1.60 bits per heavy atom. The van der Waals surface area contributed by atoms with Gasteiger partial charge in [0.2, 0.25) is 0 Å². The summed E-state index contributed by atoms with van der Waals surface area (Å²) < 4.78 is 1.78. The Morgan fingerprint density at radius 2 is 2.40 bits per heavy atom. The number of rotatable bonds is 3. The van der Waals surface area contributed by atoms with Crippen LogP contribution in [0.3, 0.4) is 0 Å². The second-order valence-electron chi connectivity index (χ2n) is 2.94. The Labute approximate surface area is 90.9 Å². The molecular formula is C7H9N7S. The molecule has 0 radical (unpaired) electrons. The van der Waals surface area contributed by atoms with Crippen molar-refractivity contribution in [2.45, 2.75) is 6.54 Å². The fourth-order valence-corrected chi connectivity index (χ4v) is 1.37. The molecule has 0 aliphatic rings. The minimum absolute atomic E-state index is 0.254. The quantitative estimate of drug-likeness (QED) is 0.678. The second kappa shape index (κ2) is 3.73. The summed E-state index contributed by atoms with van der Waals surface area (Å²) in [4.78, 5) is 5.68. The zero-order valence-corrected chi connectivity index (χ0v) is 8.85. The van der Waals surface area contributed by atoms with Gasteiger partial charge in [-0.05, 0) is 5.21 Å². The molecule has 0 saturated carbocycles. The van der Waals surface area contributed by atoms with Gasteiger partial charge in [-0.15, -0.1) is 10.2 Å². The lowest BCUT2D eigenvalue weighted by Gasteiger charge is -2.02. The van der Waals surface area contributed by atoms with E-state index in [1.165, 1.54) is 4.80 Å². The smallest absolute Gasteiger partial charge is 0.194 e. The Hall–Kier alpha value is -1.83. The molecule has 0 aliphatic carbocycles. The van der Waals surface area contributed by atoms with E-state index in [4.69, 9.17) is 18.0 Å². The summed E-state index contributed by atoms with van der Waals surface area (Å²) in [5.41, 5.74) is 5.50. The predicted octanol–water partition coefficient (Wildman–Crippen LogP) is -0.911. The number of nitrogens with zero attached hydrogens (tertiary/aromatic N) is 6. The van der Waals surface area contributed by atoms with E-state index in [9.17, 15) is 0 Å². The van der Waals surface area contributed by atoms with Crippen LogP contribution in [0.2, 0.25) is 0 Å². The van der Waals surface area contributed by atoms with Gasteiger partial charge in [-0.1, -0.05) is 12.2 Å². The average molecular weight is 223 g/mol. The standard InChI is InChI=1S/C7H9N7S/c1-13-11-5(10-12-13)4-14-3-2-9-7(14)6(8)15/h2-3H,4H2,1H3,(H2,8,15). The van der Waals surface area contributed by atoms with Crippen LogP contribution in [0.5, 0.6) is 0 Å². The summed E-state index contributed by atoms with van der Waals surface area (Å²) in [7, 11) is 1.71. The van der Waals surface area contributed by atoms with Crippen molar-refractivity contribution in [3.63, 3.8) is 0 Å². The van der Waals surface area contributed by atoms with Crippen LogP contribution in [-0.2, 0) is 13.6 Å². The van der Waals surface area contributed by atoms with Crippen molar-refractivity contribution >= 4 is 17.2 Å². The second-order valence-corrected chi connectivity index (χ2v) is 3.38. The van der Waals surface area contributed by atoms with Crippen molar-refractivity contribution < 1.29 is 0 Å². The summed E-state index contributed by atoms with van der Waals surface area (Å²) in [6, 6.07) is 0. The van der Waals surface area contributed by atoms with E-state index < -0.39 is 0 Å². The third-order valence-electron chi connectivity index (χ3n) is 1.80. The highest BCUT2D eigenvalue weighted by Crippen LogP contribution is 2.00. The van der Waals surface area contributed by atoms with E-state index in [-0.39, 0.29) is 4.99 Å². The SMILES string of the molecule is Cn1nnc(Cn2ccnc2C(N)=S)n1. The van der Waals surface area contributed by atoms with Crippen molar-refractivity contribution in [3.8, 4) is 0 Å². The molecule has 0 aliphatic heterocycles. The van der Waals surface area contributed by atoms with Gasteiger partial charge in [0.1, 0.15) is 4.99 Å². The molecule has 0 atom stereocenters. The Kier molecular flexibility index (Phi) is 2.42. The first kappa shape index (κ1) is 9.71. The third kappa shape index (κ3) is 1.99. The first-order valence-corrected chi connectivity index (χ1v) is 4.61. The average Bonchev–Trinajstić information content (AvgIpc) is 2.75. The van der Waals surface area contributed by atoms with Crippen LogP contribution in [0, 0.1) is 0 Å². The third-order valence-corrected chi connectivity index (χ3v) is 1.98. The van der Waals surface area contributed by atoms with E-state index in [2.05, 4.69) is 20.4 Å². The summed E-state index contributed by atoms with van der Waals surface area (Å²) in [5, 5.41) is 11.6. The number of imidazole rings is 1. The van der Waals surface area contributed by atoms with E-state index in [0.29, 0.717) is 18.2 Å². The van der Waals surface area contributed by atoms with Crippen LogP contribution in [-0.4, -0.2) is 34.7 Å². The van der Waals surface area contributed by atoms with Crippen LogP contribution >= 0.6 is 12.2 Å². The lowest BCUT2D eigenvalue weighted by Crippen LogP contribution is -2.17. The van der Waals surface area contributed by atoms with Gasteiger partial charge in [0.25, 0.3) is 0 Å². The molecular weight excluding hydrogens is 214 g/mol. The van der Waals surface area contributed by atoms with Gasteiger partial charge in [-0.2, -0.15) is 4.80 Å². The zero-order valence-electron chi connectivity index (χ0n) is 8.03. The van der Waals surface area contributed by atoms with Crippen LogP contribution in [0.4, 0.5) is 0 Å². The molecule has 2 heterocycles. The molecule has 0 spiro atoms. The van der Waals surface area contributed by atoms with Crippen molar-refractivity contribution in [1.29, 1.82) is 0 Å². The van der Waals surface area contributed by atoms with E-state index in [1.54, 1.807) is 24.0 Å². The van der Waals surface area contributed by atoms with Crippen LogP contribution in [0.15, 0.2) is 12.4 Å². The van der Waals surface area contributed by atoms with Crippen LogP contribution < -0.4 is 5.73 Å². The number of nitrogens with two attached hydrogens (primary N) is 1. The fraction of sp³-hybridized carbons (Fsp3) is 0.286. The maximum Gasteiger partial charge on any atom is 0.194 e. The zero-order chi connectivity index (χ0) is 10.8. The highest BCUT2D eigenvalue weighted by molar-refractivity contribution is 7.80. The molecule has 78 valence electrons. The topological polar surface area (TPSA) is 87.4 Å². The molecule has 8 heteroatoms. The van der Waals surface area contributed by atoms with Gasteiger partial charge in [-0.25, -0.2) is 4.98 Å². The number of thiocarbonyl (C=S) groups is 1. The Bertz CT molecular complexity index is 485. The molecule has 0 fully saturated rings. The summed E-state index contributed by atoms with van der Waals surface area (Å²) in [5.74, 6) is 1.14. The molecule has 2 aromatic rings.